The van der Waals surface area contributed by atoms with Gasteiger partial charge in [-0.25, -0.2) is 4.39 Å². The Labute approximate surface area is 78.9 Å². The molecule has 70 valence electrons. The van der Waals surface area contributed by atoms with Crippen LogP contribution in [0.2, 0.25) is 5.02 Å². The Kier molecular flexibility index (Phi) is 2.85. The molecule has 3 nitrogen and oxygen atoms in total. The highest BCUT2D eigenvalue weighted by atomic mass is 35.5. The largest absolute Gasteiger partial charge is 0.480 e. The van der Waals surface area contributed by atoms with Crippen molar-refractivity contribution >= 4 is 17.6 Å². The second-order valence-electron chi connectivity index (χ2n) is 2.46. The van der Waals surface area contributed by atoms with Crippen LogP contribution in [0.5, 0.6) is 0 Å². The molecule has 1 rings (SSSR count). The summed E-state index contributed by atoms with van der Waals surface area (Å²) in [5.41, 5.74) is 5.33. The number of carbonyl (C=O) groups is 1. The van der Waals surface area contributed by atoms with Crippen molar-refractivity contribution < 1.29 is 14.3 Å². The number of halogens is 2. The fourth-order valence-electron chi connectivity index (χ4n) is 0.894. The SMILES string of the molecule is N[C@@H](C(=O)O)c1cccc(F)c1Cl. The number of benzene rings is 1. The van der Waals surface area contributed by atoms with Crippen LogP contribution in [0.1, 0.15) is 11.6 Å². The molecule has 0 aliphatic heterocycles. The summed E-state index contributed by atoms with van der Waals surface area (Å²) in [6, 6.07) is 2.59. The molecule has 0 saturated carbocycles. The van der Waals surface area contributed by atoms with E-state index in [0.29, 0.717) is 0 Å². The lowest BCUT2D eigenvalue weighted by Crippen LogP contribution is -2.21. The van der Waals surface area contributed by atoms with Crippen molar-refractivity contribution in [2.24, 2.45) is 5.73 Å². The van der Waals surface area contributed by atoms with E-state index in [1.54, 1.807) is 0 Å². The van der Waals surface area contributed by atoms with Gasteiger partial charge in [0.15, 0.2) is 0 Å². The zero-order chi connectivity index (χ0) is 10.0. The highest BCUT2D eigenvalue weighted by Crippen LogP contribution is 2.24. The first-order chi connectivity index (χ1) is 6.04. The van der Waals surface area contributed by atoms with Crippen LogP contribution in [0.25, 0.3) is 0 Å². The molecule has 0 spiro atoms. The number of hydrogen-bond donors (Lipinski definition) is 2. The first-order valence-electron chi connectivity index (χ1n) is 3.46. The number of carboxylic acids is 1. The maximum absolute atomic E-state index is 12.8. The molecule has 0 unspecified atom stereocenters. The van der Waals surface area contributed by atoms with E-state index in [2.05, 4.69) is 0 Å². The fourth-order valence-corrected chi connectivity index (χ4v) is 1.14. The Morgan fingerprint density at radius 2 is 2.23 bits per heavy atom. The van der Waals surface area contributed by atoms with Crippen molar-refractivity contribution in [3.63, 3.8) is 0 Å². The Balaban J connectivity index is 3.15. The molecule has 0 aliphatic carbocycles. The zero-order valence-corrected chi connectivity index (χ0v) is 7.25. The van der Waals surface area contributed by atoms with Gasteiger partial charge in [-0.05, 0) is 6.07 Å². The Bertz CT molecular complexity index is 343. The number of hydrogen-bond acceptors (Lipinski definition) is 2. The van der Waals surface area contributed by atoms with E-state index in [9.17, 15) is 9.18 Å². The van der Waals surface area contributed by atoms with Crippen LogP contribution in [0.15, 0.2) is 18.2 Å². The zero-order valence-electron chi connectivity index (χ0n) is 6.50. The van der Waals surface area contributed by atoms with E-state index in [-0.39, 0.29) is 10.6 Å². The summed E-state index contributed by atoms with van der Waals surface area (Å²) in [6.07, 6.45) is 0. The summed E-state index contributed by atoms with van der Waals surface area (Å²) < 4.78 is 12.8. The molecule has 1 aromatic carbocycles. The minimum absolute atomic E-state index is 0.0779. The minimum Gasteiger partial charge on any atom is -0.480 e. The topological polar surface area (TPSA) is 63.3 Å². The standard InChI is InChI=1S/C8H7ClFNO2/c9-6-4(7(11)8(12)13)2-1-3-5(6)10/h1-3,7H,11H2,(H,12,13)/t7-/m1/s1. The smallest absolute Gasteiger partial charge is 0.325 e. The summed E-state index contributed by atoms with van der Waals surface area (Å²) in [5, 5.41) is 8.31. The Hall–Kier alpha value is -1.13. The van der Waals surface area contributed by atoms with Crippen molar-refractivity contribution in [1.82, 2.24) is 0 Å². The normalized spacial score (nSPS) is 12.5. The lowest BCUT2D eigenvalue weighted by Gasteiger charge is -2.08. The van der Waals surface area contributed by atoms with Gasteiger partial charge in [0.05, 0.1) is 5.02 Å². The first kappa shape index (κ1) is 9.95. The van der Waals surface area contributed by atoms with Crippen molar-refractivity contribution in [3.8, 4) is 0 Å². The molecule has 1 atom stereocenters. The van der Waals surface area contributed by atoms with Gasteiger partial charge >= 0.3 is 5.97 Å². The molecule has 13 heavy (non-hydrogen) atoms. The van der Waals surface area contributed by atoms with Crippen LogP contribution in [-0.4, -0.2) is 11.1 Å². The van der Waals surface area contributed by atoms with Crippen LogP contribution in [0.3, 0.4) is 0 Å². The molecule has 5 heteroatoms. The fraction of sp³-hybridized carbons (Fsp3) is 0.125. The monoisotopic (exact) mass is 203 g/mol. The molecule has 1 aromatic rings. The molecule has 0 radical (unpaired) electrons. The number of aliphatic carboxylic acids is 1. The second-order valence-corrected chi connectivity index (χ2v) is 2.84. The average molecular weight is 204 g/mol. The molecule has 0 aromatic heterocycles. The van der Waals surface area contributed by atoms with Crippen molar-refractivity contribution in [2.45, 2.75) is 6.04 Å². The average Bonchev–Trinajstić information content (AvgIpc) is 2.08. The maximum Gasteiger partial charge on any atom is 0.325 e. The van der Waals surface area contributed by atoms with Gasteiger partial charge in [-0.1, -0.05) is 23.7 Å². The van der Waals surface area contributed by atoms with Crippen LogP contribution < -0.4 is 5.73 Å². The molecule has 0 saturated heterocycles. The highest BCUT2D eigenvalue weighted by Gasteiger charge is 2.18. The predicted molar refractivity (Wildman–Crippen MR) is 46.0 cm³/mol. The molecular weight excluding hydrogens is 197 g/mol. The third kappa shape index (κ3) is 1.96. The molecule has 0 heterocycles. The van der Waals surface area contributed by atoms with E-state index >= 15 is 0 Å². The van der Waals surface area contributed by atoms with E-state index in [4.69, 9.17) is 22.4 Å². The summed E-state index contributed by atoms with van der Waals surface area (Å²) >= 11 is 5.51. The van der Waals surface area contributed by atoms with Crippen molar-refractivity contribution in [3.05, 3.63) is 34.6 Å². The number of nitrogens with two attached hydrogens (primary N) is 1. The van der Waals surface area contributed by atoms with E-state index in [0.717, 1.165) is 6.07 Å². The van der Waals surface area contributed by atoms with Crippen LogP contribution in [0, 0.1) is 5.82 Å². The van der Waals surface area contributed by atoms with Gasteiger partial charge in [0.1, 0.15) is 11.9 Å². The molecule has 0 bridgehead atoms. The van der Waals surface area contributed by atoms with Gasteiger partial charge in [0, 0.05) is 5.56 Å². The Morgan fingerprint density at radius 1 is 1.62 bits per heavy atom. The maximum atomic E-state index is 12.8. The third-order valence-corrected chi connectivity index (χ3v) is 1.98. The highest BCUT2D eigenvalue weighted by molar-refractivity contribution is 6.31. The lowest BCUT2D eigenvalue weighted by atomic mass is 10.1. The molecule has 0 fully saturated rings. The molecule has 3 N–H and O–H groups in total. The second kappa shape index (κ2) is 3.72. The van der Waals surface area contributed by atoms with Gasteiger partial charge < -0.3 is 10.8 Å². The molecule has 0 amide bonds. The summed E-state index contributed by atoms with van der Waals surface area (Å²) in [6.45, 7) is 0. The van der Waals surface area contributed by atoms with E-state index in [1.807, 2.05) is 0 Å². The van der Waals surface area contributed by atoms with Gasteiger partial charge in [-0.15, -0.1) is 0 Å². The van der Waals surface area contributed by atoms with Crippen LogP contribution in [-0.2, 0) is 4.79 Å². The molecule has 0 aliphatic rings. The van der Waals surface area contributed by atoms with Crippen molar-refractivity contribution in [2.75, 3.05) is 0 Å². The summed E-state index contributed by atoms with van der Waals surface area (Å²) in [5.74, 6) is -1.91. The van der Waals surface area contributed by atoms with Gasteiger partial charge in [0.2, 0.25) is 0 Å². The van der Waals surface area contributed by atoms with Crippen LogP contribution in [0.4, 0.5) is 4.39 Å². The summed E-state index contributed by atoms with van der Waals surface area (Å²) in [7, 11) is 0. The van der Waals surface area contributed by atoms with Crippen molar-refractivity contribution in [1.29, 1.82) is 0 Å². The molecular formula is C8H7ClFNO2. The van der Waals surface area contributed by atoms with Gasteiger partial charge in [-0.3, -0.25) is 4.79 Å². The van der Waals surface area contributed by atoms with Gasteiger partial charge in [0.25, 0.3) is 0 Å². The first-order valence-corrected chi connectivity index (χ1v) is 3.84. The van der Waals surface area contributed by atoms with Gasteiger partial charge in [-0.2, -0.15) is 0 Å². The Morgan fingerprint density at radius 3 is 2.77 bits per heavy atom. The minimum atomic E-state index is -1.29. The lowest BCUT2D eigenvalue weighted by molar-refractivity contribution is -0.138. The quantitative estimate of drug-likeness (QED) is 0.767. The van der Waals surface area contributed by atoms with E-state index < -0.39 is 17.8 Å². The number of carboxylic acid groups (broad SMARTS) is 1. The predicted octanol–water partition coefficient (Wildman–Crippen LogP) is 1.56. The third-order valence-electron chi connectivity index (χ3n) is 1.58. The summed E-state index contributed by atoms with van der Waals surface area (Å²) in [4.78, 5) is 10.5. The number of rotatable bonds is 2. The van der Waals surface area contributed by atoms with E-state index in [1.165, 1.54) is 12.1 Å². The van der Waals surface area contributed by atoms with Crippen LogP contribution >= 0.6 is 11.6 Å².